The summed E-state index contributed by atoms with van der Waals surface area (Å²) in [7, 11) is 0. The van der Waals surface area contributed by atoms with Crippen LogP contribution in [0.5, 0.6) is 0 Å². The number of nitrogens with zero attached hydrogens (tertiary/aromatic N) is 3. The molecule has 2 heterocycles. The lowest BCUT2D eigenvalue weighted by Gasteiger charge is -2.32. The number of hydrogen-bond donors (Lipinski definition) is 2. The quantitative estimate of drug-likeness (QED) is 0.801. The Hall–Kier alpha value is -2.67. The second-order valence-electron chi connectivity index (χ2n) is 6.14. The van der Waals surface area contributed by atoms with E-state index >= 15 is 0 Å². The van der Waals surface area contributed by atoms with Gasteiger partial charge in [0.2, 0.25) is 0 Å². The molecule has 1 aliphatic rings. The number of piperidine rings is 1. The third kappa shape index (κ3) is 4.70. The zero-order valence-corrected chi connectivity index (χ0v) is 14.9. The molecule has 3 rings (SSSR count). The fourth-order valence-corrected chi connectivity index (χ4v) is 3.06. The van der Waals surface area contributed by atoms with Crippen LogP contribution in [0.15, 0.2) is 42.9 Å². The first-order chi connectivity index (χ1) is 12.6. The van der Waals surface area contributed by atoms with Gasteiger partial charge in [-0.3, -0.25) is 14.6 Å². The largest absolute Gasteiger partial charge is 0.355 e. The predicted octanol–water partition coefficient (Wildman–Crippen LogP) is 2.10. The Morgan fingerprint density at radius 3 is 2.62 bits per heavy atom. The molecule has 26 heavy (non-hydrogen) atoms. The molecule has 0 saturated carbocycles. The first-order valence-electron chi connectivity index (χ1n) is 8.48. The Labute approximate surface area is 156 Å². The average molecular weight is 374 g/mol. The van der Waals surface area contributed by atoms with Crippen molar-refractivity contribution in [3.63, 3.8) is 0 Å². The Morgan fingerprint density at radius 2 is 1.92 bits per heavy atom. The van der Waals surface area contributed by atoms with E-state index in [4.69, 9.17) is 11.6 Å². The van der Waals surface area contributed by atoms with Crippen LogP contribution < -0.4 is 15.5 Å². The van der Waals surface area contributed by atoms with E-state index in [1.807, 2.05) is 0 Å². The summed E-state index contributed by atoms with van der Waals surface area (Å²) >= 11 is 5.98. The summed E-state index contributed by atoms with van der Waals surface area (Å²) in [5.41, 5.74) is 0.423. The Bertz CT molecular complexity index is 763. The fraction of sp³-hybridized carbons (Fsp3) is 0.333. The highest BCUT2D eigenvalue weighted by atomic mass is 35.5. The summed E-state index contributed by atoms with van der Waals surface area (Å²) in [4.78, 5) is 34.5. The summed E-state index contributed by atoms with van der Waals surface area (Å²) in [5.74, 6) is -0.162. The van der Waals surface area contributed by atoms with Crippen molar-refractivity contribution in [3.05, 3.63) is 47.9 Å². The number of anilines is 2. The Morgan fingerprint density at radius 1 is 1.15 bits per heavy atom. The number of nitrogens with one attached hydrogen (secondary N) is 2. The summed E-state index contributed by atoms with van der Waals surface area (Å²) < 4.78 is 0. The first kappa shape index (κ1) is 18.1. The Kier molecular flexibility index (Phi) is 6.01. The van der Waals surface area contributed by atoms with Crippen LogP contribution in [0.2, 0.25) is 5.02 Å². The number of halogens is 1. The van der Waals surface area contributed by atoms with Crippen molar-refractivity contribution in [2.24, 2.45) is 5.92 Å². The van der Waals surface area contributed by atoms with E-state index in [-0.39, 0.29) is 0 Å². The smallest absolute Gasteiger partial charge is 0.313 e. The van der Waals surface area contributed by atoms with E-state index in [1.54, 1.807) is 42.9 Å². The molecule has 2 amide bonds. The SMILES string of the molecule is O=C(NCC1CCN(c2cnccn2)CC1)C(=O)Nc1ccccc1Cl. The minimum atomic E-state index is -0.713. The lowest BCUT2D eigenvalue weighted by atomic mass is 9.97. The third-order valence-corrected chi connectivity index (χ3v) is 4.70. The molecule has 2 aromatic rings. The normalized spacial score (nSPS) is 14.7. The van der Waals surface area contributed by atoms with Gasteiger partial charge >= 0.3 is 11.8 Å². The molecule has 1 saturated heterocycles. The van der Waals surface area contributed by atoms with Crippen molar-refractivity contribution in [3.8, 4) is 0 Å². The van der Waals surface area contributed by atoms with Crippen LogP contribution in [0.25, 0.3) is 0 Å². The van der Waals surface area contributed by atoms with Gasteiger partial charge in [0.25, 0.3) is 0 Å². The molecule has 1 aromatic carbocycles. The van der Waals surface area contributed by atoms with E-state index in [9.17, 15) is 9.59 Å². The van der Waals surface area contributed by atoms with Gasteiger partial charge in [-0.15, -0.1) is 0 Å². The van der Waals surface area contributed by atoms with E-state index in [0.717, 1.165) is 31.7 Å². The van der Waals surface area contributed by atoms with Gasteiger partial charge in [-0.1, -0.05) is 23.7 Å². The van der Waals surface area contributed by atoms with Gasteiger partial charge in [0.15, 0.2) is 0 Å². The van der Waals surface area contributed by atoms with Gasteiger partial charge in [-0.05, 0) is 30.9 Å². The minimum Gasteiger partial charge on any atom is -0.355 e. The van der Waals surface area contributed by atoms with Gasteiger partial charge < -0.3 is 15.5 Å². The predicted molar refractivity (Wildman–Crippen MR) is 100 cm³/mol. The van der Waals surface area contributed by atoms with Gasteiger partial charge in [0.1, 0.15) is 5.82 Å². The highest BCUT2D eigenvalue weighted by Gasteiger charge is 2.22. The van der Waals surface area contributed by atoms with Crippen molar-refractivity contribution in [2.75, 3.05) is 29.9 Å². The number of carbonyl (C=O) groups excluding carboxylic acids is 2. The molecule has 0 unspecified atom stereocenters. The first-order valence-corrected chi connectivity index (χ1v) is 8.86. The summed E-state index contributed by atoms with van der Waals surface area (Å²) in [6.07, 6.45) is 6.92. The maximum Gasteiger partial charge on any atom is 0.313 e. The number of amides is 2. The number of rotatable bonds is 4. The molecular weight excluding hydrogens is 354 g/mol. The lowest BCUT2D eigenvalue weighted by Crippen LogP contribution is -2.42. The molecule has 136 valence electrons. The molecule has 8 heteroatoms. The highest BCUT2D eigenvalue weighted by molar-refractivity contribution is 6.41. The second kappa shape index (κ2) is 8.62. The maximum atomic E-state index is 12.0. The molecular formula is C18H20ClN5O2. The van der Waals surface area contributed by atoms with Crippen molar-refractivity contribution < 1.29 is 9.59 Å². The van der Waals surface area contributed by atoms with E-state index in [0.29, 0.717) is 23.2 Å². The van der Waals surface area contributed by atoms with Crippen molar-refractivity contribution >= 4 is 34.9 Å². The van der Waals surface area contributed by atoms with Gasteiger partial charge in [-0.25, -0.2) is 4.98 Å². The molecule has 1 fully saturated rings. The highest BCUT2D eigenvalue weighted by Crippen LogP contribution is 2.21. The molecule has 0 atom stereocenters. The van der Waals surface area contributed by atoms with Gasteiger partial charge in [0.05, 0.1) is 16.9 Å². The van der Waals surface area contributed by atoms with Crippen molar-refractivity contribution in [1.29, 1.82) is 0 Å². The third-order valence-electron chi connectivity index (χ3n) is 4.37. The molecule has 0 aliphatic carbocycles. The number of hydrogen-bond acceptors (Lipinski definition) is 5. The van der Waals surface area contributed by atoms with Crippen LogP contribution in [-0.4, -0.2) is 41.4 Å². The number of para-hydroxylation sites is 1. The fourth-order valence-electron chi connectivity index (χ4n) is 2.88. The molecule has 0 spiro atoms. The van der Waals surface area contributed by atoms with Crippen LogP contribution in [0.4, 0.5) is 11.5 Å². The van der Waals surface area contributed by atoms with Crippen LogP contribution in [0, 0.1) is 5.92 Å². The topological polar surface area (TPSA) is 87.2 Å². The number of carbonyl (C=O) groups is 2. The van der Waals surface area contributed by atoms with Crippen molar-refractivity contribution in [1.82, 2.24) is 15.3 Å². The zero-order chi connectivity index (χ0) is 18.4. The van der Waals surface area contributed by atoms with Crippen LogP contribution >= 0.6 is 11.6 Å². The molecule has 7 nitrogen and oxygen atoms in total. The van der Waals surface area contributed by atoms with Gasteiger partial charge in [0, 0.05) is 32.0 Å². The molecule has 2 N–H and O–H groups in total. The summed E-state index contributed by atoms with van der Waals surface area (Å²) in [6.45, 7) is 2.18. The van der Waals surface area contributed by atoms with Gasteiger partial charge in [-0.2, -0.15) is 0 Å². The molecule has 1 aromatic heterocycles. The zero-order valence-electron chi connectivity index (χ0n) is 14.2. The minimum absolute atomic E-state index is 0.333. The second-order valence-corrected chi connectivity index (χ2v) is 6.55. The number of benzene rings is 1. The van der Waals surface area contributed by atoms with E-state index in [1.165, 1.54) is 0 Å². The average Bonchev–Trinajstić information content (AvgIpc) is 2.69. The Balaban J connectivity index is 1.42. The number of aromatic nitrogens is 2. The summed E-state index contributed by atoms with van der Waals surface area (Å²) in [6, 6.07) is 6.80. The van der Waals surface area contributed by atoms with Crippen LogP contribution in [-0.2, 0) is 9.59 Å². The lowest BCUT2D eigenvalue weighted by molar-refractivity contribution is -0.136. The van der Waals surface area contributed by atoms with Crippen LogP contribution in [0.1, 0.15) is 12.8 Å². The molecule has 0 radical (unpaired) electrons. The van der Waals surface area contributed by atoms with Crippen molar-refractivity contribution in [2.45, 2.75) is 12.8 Å². The molecule has 0 bridgehead atoms. The molecule has 1 aliphatic heterocycles. The van der Waals surface area contributed by atoms with Crippen LogP contribution in [0.3, 0.4) is 0 Å². The standard InChI is InChI=1S/C18H20ClN5O2/c19-14-3-1-2-4-15(14)23-18(26)17(25)22-11-13-5-9-24(10-6-13)16-12-20-7-8-21-16/h1-4,7-8,12-13H,5-6,9-11H2,(H,22,25)(H,23,26). The monoisotopic (exact) mass is 373 g/mol. The summed E-state index contributed by atoms with van der Waals surface area (Å²) in [5, 5.41) is 5.62. The maximum absolute atomic E-state index is 12.0. The van der Waals surface area contributed by atoms with E-state index < -0.39 is 11.8 Å². The van der Waals surface area contributed by atoms with E-state index in [2.05, 4.69) is 25.5 Å².